The van der Waals surface area contributed by atoms with Gasteiger partial charge in [-0.15, -0.1) is 0 Å². The van der Waals surface area contributed by atoms with Crippen LogP contribution in [0.2, 0.25) is 0 Å². The van der Waals surface area contributed by atoms with E-state index in [1.54, 1.807) is 43.4 Å². The Balaban J connectivity index is 1.24. The van der Waals surface area contributed by atoms with Gasteiger partial charge in [-0.05, 0) is 55.2 Å². The number of benzene rings is 1. The first-order valence-corrected chi connectivity index (χ1v) is 12.4. The molecule has 3 amide bonds. The Kier molecular flexibility index (Phi) is 7.02. The predicted octanol–water partition coefficient (Wildman–Crippen LogP) is 4.76. The second-order valence-corrected chi connectivity index (χ2v) is 9.16. The molecule has 5 rings (SSSR count). The molecule has 1 fully saturated rings. The number of aromatic nitrogens is 1. The van der Waals surface area contributed by atoms with Crippen LogP contribution in [-0.4, -0.2) is 35.8 Å². The molecule has 9 nitrogen and oxygen atoms in total. The molecular weight excluding hydrogens is 472 g/mol. The zero-order chi connectivity index (χ0) is 25.8. The lowest BCUT2D eigenvalue weighted by molar-refractivity contribution is -0.124. The molecule has 0 saturated heterocycles. The molecule has 0 unspecified atom stereocenters. The zero-order valence-electron chi connectivity index (χ0n) is 20.5. The van der Waals surface area contributed by atoms with E-state index in [1.165, 1.54) is 6.20 Å². The number of hydrogen-bond acceptors (Lipinski definition) is 6. The third-order valence-electron chi connectivity index (χ3n) is 6.69. The van der Waals surface area contributed by atoms with E-state index in [-0.39, 0.29) is 29.3 Å². The van der Waals surface area contributed by atoms with Gasteiger partial charge in [0.25, 0.3) is 11.8 Å². The summed E-state index contributed by atoms with van der Waals surface area (Å²) in [5.41, 5.74) is 1.62. The van der Waals surface area contributed by atoms with Crippen molar-refractivity contribution >= 4 is 34.4 Å². The molecule has 1 aliphatic rings. The first-order valence-electron chi connectivity index (χ1n) is 12.4. The van der Waals surface area contributed by atoms with Gasteiger partial charge in [0.1, 0.15) is 17.3 Å². The lowest BCUT2D eigenvalue weighted by Crippen LogP contribution is -2.50. The molecule has 1 atom stereocenters. The topological polar surface area (TPSA) is 126 Å². The van der Waals surface area contributed by atoms with Gasteiger partial charge in [-0.25, -0.2) is 0 Å². The fraction of sp³-hybridized carbons (Fsp3) is 0.286. The van der Waals surface area contributed by atoms with Crippen molar-refractivity contribution in [3.8, 4) is 11.5 Å². The monoisotopic (exact) mass is 500 g/mol. The summed E-state index contributed by atoms with van der Waals surface area (Å²) in [6.45, 7) is 0. The summed E-state index contributed by atoms with van der Waals surface area (Å²) in [6, 6.07) is 15.1. The van der Waals surface area contributed by atoms with Crippen molar-refractivity contribution in [3.05, 3.63) is 72.3 Å². The summed E-state index contributed by atoms with van der Waals surface area (Å²) < 4.78 is 11.3. The van der Waals surface area contributed by atoms with Crippen LogP contribution in [0.3, 0.4) is 0 Å². The number of fused-ring (bicyclic) bond motifs is 1. The van der Waals surface area contributed by atoms with Gasteiger partial charge in [0.15, 0.2) is 17.3 Å². The maximum absolute atomic E-state index is 12.9. The minimum atomic E-state index is -0.598. The average molecular weight is 501 g/mol. The molecule has 1 saturated carbocycles. The molecule has 0 spiro atoms. The molecule has 0 bridgehead atoms. The van der Waals surface area contributed by atoms with E-state index >= 15 is 0 Å². The molecular formula is C28H28N4O5. The number of rotatable bonds is 7. The zero-order valence-corrected chi connectivity index (χ0v) is 20.5. The molecule has 3 aromatic heterocycles. The van der Waals surface area contributed by atoms with Crippen LogP contribution >= 0.6 is 0 Å². The Morgan fingerprint density at radius 2 is 1.73 bits per heavy atom. The van der Waals surface area contributed by atoms with Crippen LogP contribution < -0.4 is 16.0 Å². The molecule has 0 radical (unpaired) electrons. The van der Waals surface area contributed by atoms with Gasteiger partial charge in [0.05, 0.1) is 11.9 Å². The highest BCUT2D eigenvalue weighted by Gasteiger charge is 2.31. The third-order valence-corrected chi connectivity index (χ3v) is 6.69. The smallest absolute Gasteiger partial charge is 0.291 e. The number of nitrogens with one attached hydrogen (secondary N) is 3. The maximum Gasteiger partial charge on any atom is 0.291 e. The average Bonchev–Trinajstić information content (AvgIpc) is 3.60. The van der Waals surface area contributed by atoms with Crippen molar-refractivity contribution in [2.24, 2.45) is 5.92 Å². The van der Waals surface area contributed by atoms with Crippen molar-refractivity contribution in [1.29, 1.82) is 0 Å². The van der Waals surface area contributed by atoms with Crippen molar-refractivity contribution in [3.63, 3.8) is 0 Å². The molecule has 3 heterocycles. The van der Waals surface area contributed by atoms with Crippen LogP contribution in [0.1, 0.15) is 53.2 Å². The van der Waals surface area contributed by atoms with Gasteiger partial charge in [0.2, 0.25) is 5.91 Å². The largest absolute Gasteiger partial charge is 0.451 e. The van der Waals surface area contributed by atoms with Crippen LogP contribution in [0, 0.1) is 5.92 Å². The third kappa shape index (κ3) is 5.40. The highest BCUT2D eigenvalue weighted by atomic mass is 16.4. The lowest BCUT2D eigenvalue weighted by atomic mass is 9.83. The van der Waals surface area contributed by atoms with Gasteiger partial charge in [-0.2, -0.15) is 0 Å². The van der Waals surface area contributed by atoms with Crippen molar-refractivity contribution < 1.29 is 23.2 Å². The predicted molar refractivity (Wildman–Crippen MR) is 138 cm³/mol. The standard InChI is InChI=1S/C28H28N4O5/c1-29-28(35)25(17-7-3-2-4-8-17)32-26(33)23-14-13-22(37-23)20-12-11-19(16-30-20)31-27(34)24-15-18-9-5-6-10-21(18)36-24/h5-6,9-17,25H,2-4,7-8H2,1H3,(H,29,35)(H,31,34)(H,32,33)/t25-/m0/s1. The quantitative estimate of drug-likeness (QED) is 0.336. The highest BCUT2D eigenvalue weighted by Crippen LogP contribution is 2.28. The molecule has 1 aliphatic carbocycles. The van der Waals surface area contributed by atoms with Crippen LogP contribution in [-0.2, 0) is 4.79 Å². The van der Waals surface area contributed by atoms with Gasteiger partial charge in [-0.1, -0.05) is 37.5 Å². The van der Waals surface area contributed by atoms with Crippen LogP contribution in [0.5, 0.6) is 0 Å². The Labute approximate surface area is 213 Å². The van der Waals surface area contributed by atoms with Crippen LogP contribution in [0.25, 0.3) is 22.4 Å². The van der Waals surface area contributed by atoms with Gasteiger partial charge >= 0.3 is 0 Å². The lowest BCUT2D eigenvalue weighted by Gasteiger charge is -2.29. The first-order chi connectivity index (χ1) is 18.0. The molecule has 9 heteroatoms. The fourth-order valence-corrected chi connectivity index (χ4v) is 4.73. The molecule has 37 heavy (non-hydrogen) atoms. The van der Waals surface area contributed by atoms with Crippen LogP contribution in [0.15, 0.2) is 69.6 Å². The number of hydrogen-bond donors (Lipinski definition) is 3. The number of nitrogens with zero attached hydrogens (tertiary/aromatic N) is 1. The van der Waals surface area contributed by atoms with E-state index < -0.39 is 11.9 Å². The number of pyridine rings is 1. The number of amides is 3. The number of furan rings is 2. The summed E-state index contributed by atoms with van der Waals surface area (Å²) >= 11 is 0. The molecule has 4 aromatic rings. The minimum Gasteiger partial charge on any atom is -0.451 e. The number of carbonyl (C=O) groups is 3. The second-order valence-electron chi connectivity index (χ2n) is 9.16. The van der Waals surface area contributed by atoms with Crippen molar-refractivity contribution in [2.45, 2.75) is 38.1 Å². The highest BCUT2D eigenvalue weighted by molar-refractivity contribution is 6.04. The molecule has 3 N–H and O–H groups in total. The Morgan fingerprint density at radius 3 is 2.46 bits per heavy atom. The summed E-state index contributed by atoms with van der Waals surface area (Å²) in [7, 11) is 1.57. The van der Waals surface area contributed by atoms with Gasteiger partial charge < -0.3 is 24.8 Å². The van der Waals surface area contributed by atoms with E-state index in [2.05, 4.69) is 20.9 Å². The van der Waals surface area contributed by atoms with Crippen molar-refractivity contribution in [1.82, 2.24) is 15.6 Å². The van der Waals surface area contributed by atoms with Crippen molar-refractivity contribution in [2.75, 3.05) is 12.4 Å². The molecule has 1 aromatic carbocycles. The van der Waals surface area contributed by atoms with E-state index in [0.29, 0.717) is 22.7 Å². The maximum atomic E-state index is 12.9. The summed E-state index contributed by atoms with van der Waals surface area (Å²) in [4.78, 5) is 42.2. The Morgan fingerprint density at radius 1 is 0.919 bits per heavy atom. The number of anilines is 1. The summed E-state index contributed by atoms with van der Waals surface area (Å²) in [6.07, 6.45) is 6.58. The molecule has 0 aliphatic heterocycles. The van der Waals surface area contributed by atoms with E-state index in [1.807, 2.05) is 18.2 Å². The van der Waals surface area contributed by atoms with E-state index in [4.69, 9.17) is 8.83 Å². The normalized spacial score (nSPS) is 14.7. The first kappa shape index (κ1) is 24.3. The van der Waals surface area contributed by atoms with Gasteiger partial charge in [-0.3, -0.25) is 19.4 Å². The van der Waals surface area contributed by atoms with E-state index in [9.17, 15) is 14.4 Å². The fourth-order valence-electron chi connectivity index (χ4n) is 4.73. The Hall–Kier alpha value is -4.40. The number of likely N-dealkylation sites (N-methyl/N-ethyl adjacent to an activating group) is 1. The van der Waals surface area contributed by atoms with Crippen LogP contribution in [0.4, 0.5) is 5.69 Å². The number of para-hydroxylation sites is 1. The number of carbonyl (C=O) groups excluding carboxylic acids is 3. The second kappa shape index (κ2) is 10.7. The Bertz CT molecular complexity index is 1380. The van der Waals surface area contributed by atoms with Gasteiger partial charge in [0, 0.05) is 12.4 Å². The summed E-state index contributed by atoms with van der Waals surface area (Å²) in [5.74, 6) is -0.218. The minimum absolute atomic E-state index is 0.101. The SMILES string of the molecule is CNC(=O)[C@@H](NC(=O)c1ccc(-c2ccc(NC(=O)c3cc4ccccc4o3)cn2)o1)C1CCCCC1. The summed E-state index contributed by atoms with van der Waals surface area (Å²) in [5, 5.41) is 9.12. The van der Waals surface area contributed by atoms with E-state index in [0.717, 1.165) is 37.5 Å². The molecule has 190 valence electrons.